The molecule has 0 aliphatic carbocycles. The van der Waals surface area contributed by atoms with Gasteiger partial charge in [0.05, 0.1) is 0 Å². The number of benzene rings is 1. The van der Waals surface area contributed by atoms with Crippen LogP contribution in [0.2, 0.25) is 0 Å². The molecular weight excluding hydrogens is 244 g/mol. The Hall–Kier alpha value is -1.03. The van der Waals surface area contributed by atoms with E-state index >= 15 is 0 Å². The number of ether oxygens (including phenoxy) is 1. The summed E-state index contributed by atoms with van der Waals surface area (Å²) in [7, 11) is 0. The largest absolute Gasteiger partial charge is 0.478 e. The van der Waals surface area contributed by atoms with Crippen molar-refractivity contribution in [1.29, 1.82) is 0 Å². The number of nitrogens with zero attached hydrogens (tertiary/aromatic N) is 1. The van der Waals surface area contributed by atoms with E-state index in [0.717, 1.165) is 15.9 Å². The Morgan fingerprint density at radius 1 is 1.43 bits per heavy atom. The first-order valence-corrected chi connectivity index (χ1v) is 5.11. The first-order chi connectivity index (χ1) is 6.49. The highest BCUT2D eigenvalue weighted by Crippen LogP contribution is 2.36. The number of hydrogen-bond acceptors (Lipinski definition) is 3. The normalized spacial score (nSPS) is 18.1. The minimum Gasteiger partial charge on any atom is -0.478 e. The van der Waals surface area contributed by atoms with Crippen LogP contribution in [0.3, 0.4) is 0 Å². The molecule has 2 N–H and O–H groups in total. The average Bonchev–Trinajstić information content (AvgIpc) is 2.08. The molecule has 0 radical (unpaired) electrons. The monoisotopic (exact) mass is 254 g/mol. The summed E-state index contributed by atoms with van der Waals surface area (Å²) in [5.41, 5.74) is 6.05. The number of amidine groups is 1. The van der Waals surface area contributed by atoms with E-state index in [9.17, 15) is 0 Å². The molecule has 3 nitrogen and oxygen atoms in total. The third kappa shape index (κ3) is 1.50. The number of nitrogens with two attached hydrogens (primary N) is 1. The summed E-state index contributed by atoms with van der Waals surface area (Å²) in [4.78, 5) is 4.30. The summed E-state index contributed by atoms with van der Waals surface area (Å²) in [6.07, 6.45) is 0. The molecule has 1 aliphatic heterocycles. The molecule has 1 aromatic rings. The van der Waals surface area contributed by atoms with E-state index in [2.05, 4.69) is 20.9 Å². The Morgan fingerprint density at radius 2 is 2.14 bits per heavy atom. The number of halogens is 1. The van der Waals surface area contributed by atoms with Crippen LogP contribution in [-0.2, 0) is 0 Å². The SMILES string of the molecule is CC1(C)Oc2ccc(Br)cc2N=C1N. The van der Waals surface area contributed by atoms with Crippen LogP contribution in [0.5, 0.6) is 5.75 Å². The van der Waals surface area contributed by atoms with Gasteiger partial charge in [0.1, 0.15) is 17.3 Å². The maximum atomic E-state index is 5.79. The highest BCUT2D eigenvalue weighted by atomic mass is 79.9. The Bertz CT molecular complexity index is 413. The van der Waals surface area contributed by atoms with E-state index < -0.39 is 5.60 Å². The number of fused-ring (bicyclic) bond motifs is 1. The lowest BCUT2D eigenvalue weighted by molar-refractivity contribution is 0.177. The van der Waals surface area contributed by atoms with Crippen LogP contribution in [0.15, 0.2) is 27.7 Å². The number of aliphatic imine (C=N–C) groups is 1. The zero-order valence-corrected chi connectivity index (χ0v) is 9.63. The Labute approximate surface area is 91.1 Å². The fourth-order valence-corrected chi connectivity index (χ4v) is 1.60. The number of rotatable bonds is 0. The summed E-state index contributed by atoms with van der Waals surface area (Å²) in [5, 5.41) is 0. The lowest BCUT2D eigenvalue weighted by Crippen LogP contribution is -2.45. The first-order valence-electron chi connectivity index (χ1n) is 4.32. The molecule has 2 rings (SSSR count). The van der Waals surface area contributed by atoms with Crippen LogP contribution in [0, 0.1) is 0 Å². The predicted molar refractivity (Wildman–Crippen MR) is 60.1 cm³/mol. The van der Waals surface area contributed by atoms with Gasteiger partial charge in [-0.25, -0.2) is 4.99 Å². The first kappa shape index (κ1) is 9.52. The van der Waals surface area contributed by atoms with Gasteiger partial charge < -0.3 is 10.5 Å². The van der Waals surface area contributed by atoms with Crippen molar-refractivity contribution in [3.05, 3.63) is 22.7 Å². The quantitative estimate of drug-likeness (QED) is 0.774. The molecule has 1 aliphatic rings. The molecule has 0 fully saturated rings. The highest BCUT2D eigenvalue weighted by Gasteiger charge is 2.30. The maximum absolute atomic E-state index is 5.79. The Kier molecular flexibility index (Phi) is 2.03. The maximum Gasteiger partial charge on any atom is 0.160 e. The third-order valence-corrected chi connectivity index (χ3v) is 2.64. The summed E-state index contributed by atoms with van der Waals surface area (Å²) in [6.45, 7) is 3.80. The van der Waals surface area contributed by atoms with E-state index in [-0.39, 0.29) is 0 Å². The predicted octanol–water partition coefficient (Wildman–Crippen LogP) is 2.61. The van der Waals surface area contributed by atoms with Gasteiger partial charge in [0.2, 0.25) is 0 Å². The van der Waals surface area contributed by atoms with Crippen LogP contribution in [0.25, 0.3) is 0 Å². The second kappa shape index (κ2) is 2.98. The molecule has 4 heteroatoms. The van der Waals surface area contributed by atoms with Crippen molar-refractivity contribution in [3.8, 4) is 5.75 Å². The molecule has 0 saturated carbocycles. The topological polar surface area (TPSA) is 47.6 Å². The van der Waals surface area contributed by atoms with E-state index in [1.54, 1.807) is 0 Å². The molecule has 0 aromatic heterocycles. The molecule has 0 bridgehead atoms. The van der Waals surface area contributed by atoms with Gasteiger partial charge >= 0.3 is 0 Å². The average molecular weight is 255 g/mol. The van der Waals surface area contributed by atoms with Gasteiger partial charge in [-0.1, -0.05) is 15.9 Å². The van der Waals surface area contributed by atoms with Gasteiger partial charge in [0.15, 0.2) is 5.60 Å². The summed E-state index contributed by atoms with van der Waals surface area (Å²) in [6, 6.07) is 5.69. The van der Waals surface area contributed by atoms with Crippen molar-refractivity contribution < 1.29 is 4.74 Å². The van der Waals surface area contributed by atoms with Crippen molar-refractivity contribution in [2.45, 2.75) is 19.4 Å². The van der Waals surface area contributed by atoms with Gasteiger partial charge in [-0.2, -0.15) is 0 Å². The molecule has 74 valence electrons. The van der Waals surface area contributed by atoms with Crippen LogP contribution >= 0.6 is 15.9 Å². The summed E-state index contributed by atoms with van der Waals surface area (Å²) in [5.74, 6) is 1.27. The molecule has 1 heterocycles. The Morgan fingerprint density at radius 3 is 2.86 bits per heavy atom. The van der Waals surface area contributed by atoms with Crippen LogP contribution < -0.4 is 10.5 Å². The number of hydrogen-bond donors (Lipinski definition) is 1. The lowest BCUT2D eigenvalue weighted by atomic mass is 10.1. The molecule has 0 unspecified atom stereocenters. The standard InChI is InChI=1S/C10H11BrN2O/c1-10(2)9(12)13-7-5-6(11)3-4-8(7)14-10/h3-5H,1-2H3,(H2,12,13). The van der Waals surface area contributed by atoms with Crippen molar-refractivity contribution in [2.75, 3.05) is 0 Å². The van der Waals surface area contributed by atoms with Gasteiger partial charge in [-0.05, 0) is 32.0 Å². The van der Waals surface area contributed by atoms with E-state index in [4.69, 9.17) is 10.5 Å². The zero-order chi connectivity index (χ0) is 10.3. The minimum absolute atomic E-state index is 0.503. The summed E-state index contributed by atoms with van der Waals surface area (Å²) < 4.78 is 6.68. The van der Waals surface area contributed by atoms with Gasteiger partial charge in [-0.3, -0.25) is 0 Å². The van der Waals surface area contributed by atoms with Crippen LogP contribution in [0.4, 0.5) is 5.69 Å². The van der Waals surface area contributed by atoms with Crippen molar-refractivity contribution >= 4 is 27.5 Å². The van der Waals surface area contributed by atoms with Crippen LogP contribution in [-0.4, -0.2) is 11.4 Å². The molecule has 14 heavy (non-hydrogen) atoms. The van der Waals surface area contributed by atoms with E-state index in [0.29, 0.717) is 5.84 Å². The van der Waals surface area contributed by atoms with Gasteiger partial charge in [0, 0.05) is 4.47 Å². The second-order valence-electron chi connectivity index (χ2n) is 3.72. The van der Waals surface area contributed by atoms with Gasteiger partial charge in [0.25, 0.3) is 0 Å². The van der Waals surface area contributed by atoms with Crippen molar-refractivity contribution in [3.63, 3.8) is 0 Å². The summed E-state index contributed by atoms with van der Waals surface area (Å²) >= 11 is 3.37. The van der Waals surface area contributed by atoms with Crippen LogP contribution in [0.1, 0.15) is 13.8 Å². The van der Waals surface area contributed by atoms with Crippen molar-refractivity contribution in [1.82, 2.24) is 0 Å². The smallest absolute Gasteiger partial charge is 0.160 e. The molecule has 0 spiro atoms. The van der Waals surface area contributed by atoms with E-state index in [1.165, 1.54) is 0 Å². The minimum atomic E-state index is -0.513. The molecule has 0 saturated heterocycles. The fourth-order valence-electron chi connectivity index (χ4n) is 1.26. The zero-order valence-electron chi connectivity index (χ0n) is 8.04. The highest BCUT2D eigenvalue weighted by molar-refractivity contribution is 9.10. The lowest BCUT2D eigenvalue weighted by Gasteiger charge is -2.30. The fraction of sp³-hybridized carbons (Fsp3) is 0.300. The molecular formula is C10H11BrN2O. The second-order valence-corrected chi connectivity index (χ2v) is 4.64. The van der Waals surface area contributed by atoms with E-state index in [1.807, 2.05) is 32.0 Å². The third-order valence-electron chi connectivity index (χ3n) is 2.14. The molecule has 1 aromatic carbocycles. The molecule has 0 atom stereocenters. The molecule has 0 amide bonds. The van der Waals surface area contributed by atoms with Crippen molar-refractivity contribution in [2.24, 2.45) is 10.7 Å². The van der Waals surface area contributed by atoms with Gasteiger partial charge in [-0.15, -0.1) is 0 Å². The Balaban J connectivity index is 2.54.